The molecule has 0 heterocycles. The van der Waals surface area contributed by atoms with Crippen molar-refractivity contribution in [2.24, 2.45) is 0 Å². The molecule has 10 nitrogen and oxygen atoms in total. The molecule has 0 aliphatic rings. The molecule has 48 heavy (non-hydrogen) atoms. The highest BCUT2D eigenvalue weighted by atomic mass is 16.5. The molecular formula is C38H66O10. The van der Waals surface area contributed by atoms with E-state index in [1.165, 1.54) is 134 Å². The molecule has 0 amide bonds. The number of hydrogen-bond acceptors (Lipinski definition) is 7. The lowest BCUT2D eigenvalue weighted by Gasteiger charge is -2.05. The first-order chi connectivity index (χ1) is 23.0. The minimum absolute atomic E-state index is 0.453. The predicted molar refractivity (Wildman–Crippen MR) is 193 cm³/mol. The Morgan fingerprint density at radius 1 is 0.604 bits per heavy atom. The van der Waals surface area contributed by atoms with E-state index in [0.717, 1.165) is 37.5 Å². The number of ether oxygens (including phenoxy) is 1. The third kappa shape index (κ3) is 36.9. The van der Waals surface area contributed by atoms with Gasteiger partial charge in [0.15, 0.2) is 11.5 Å². The van der Waals surface area contributed by atoms with Gasteiger partial charge >= 0.3 is 17.9 Å². The molecule has 0 radical (unpaired) electrons. The number of hydrogen-bond donors (Lipinski definition) is 6. The lowest BCUT2D eigenvalue weighted by Crippen LogP contribution is -1.97. The molecule has 0 aliphatic heterocycles. The van der Waals surface area contributed by atoms with Gasteiger partial charge in [0.1, 0.15) is 5.56 Å². The molecule has 278 valence electrons. The molecule has 1 aromatic carbocycles. The number of carbonyl (C=O) groups is 3. The van der Waals surface area contributed by atoms with Crippen LogP contribution in [0.5, 0.6) is 17.2 Å². The van der Waals surface area contributed by atoms with E-state index in [1.54, 1.807) is 6.92 Å². The number of phenols is 3. The van der Waals surface area contributed by atoms with Crippen LogP contribution in [0.3, 0.4) is 0 Å². The zero-order chi connectivity index (χ0) is 36.8. The number of aromatic hydroxyl groups is 3. The molecule has 0 fully saturated rings. The maximum atomic E-state index is 10.3. The van der Waals surface area contributed by atoms with Crippen molar-refractivity contribution in [3.8, 4) is 17.2 Å². The van der Waals surface area contributed by atoms with Crippen LogP contribution in [-0.2, 0) is 14.3 Å². The summed E-state index contributed by atoms with van der Waals surface area (Å²) in [5, 5.41) is 50.5. The molecule has 6 N–H and O–H groups in total. The van der Waals surface area contributed by atoms with E-state index in [2.05, 4.69) is 20.4 Å². The average molecular weight is 683 g/mol. The molecule has 0 saturated carbocycles. The van der Waals surface area contributed by atoms with Gasteiger partial charge in [0.25, 0.3) is 0 Å². The van der Waals surface area contributed by atoms with Gasteiger partial charge in [0, 0.05) is 25.4 Å². The molecule has 0 aromatic heterocycles. The van der Waals surface area contributed by atoms with Gasteiger partial charge in [-0.2, -0.15) is 0 Å². The van der Waals surface area contributed by atoms with Crippen molar-refractivity contribution >= 4 is 17.9 Å². The van der Waals surface area contributed by atoms with Crippen molar-refractivity contribution in [2.75, 3.05) is 13.2 Å². The molecule has 10 heteroatoms. The largest absolute Gasteiger partial charge is 0.504 e. The van der Waals surface area contributed by atoms with Gasteiger partial charge in [0.05, 0.1) is 0 Å². The number of rotatable bonds is 25. The highest BCUT2D eigenvalue weighted by molar-refractivity contribution is 5.92. The van der Waals surface area contributed by atoms with Crippen LogP contribution >= 0.6 is 0 Å². The highest BCUT2D eigenvalue weighted by Gasteiger charge is 2.15. The van der Waals surface area contributed by atoms with Crippen LogP contribution in [0, 0.1) is 0 Å². The summed E-state index contributed by atoms with van der Waals surface area (Å²) < 4.78 is 5.78. The van der Waals surface area contributed by atoms with Crippen LogP contribution in [0.15, 0.2) is 36.9 Å². The van der Waals surface area contributed by atoms with Crippen LogP contribution in [-0.4, -0.2) is 61.8 Å². The number of allylic oxidation sites excluding steroid dienone is 1. The molecule has 0 bridgehead atoms. The quantitative estimate of drug-likeness (QED) is 0.0330. The summed E-state index contributed by atoms with van der Waals surface area (Å²) in [5.41, 5.74) is -0.453. The zero-order valence-electron chi connectivity index (χ0n) is 30.0. The Bertz CT molecular complexity index is 937. The number of aliphatic carboxylic acids is 2. The number of carboxylic acids is 3. The summed E-state index contributed by atoms with van der Waals surface area (Å²) in [5.74, 6) is -5.46. The summed E-state index contributed by atoms with van der Waals surface area (Å²) in [6.07, 6.45) is 31.5. The van der Waals surface area contributed by atoms with E-state index < -0.39 is 40.7 Å². The monoisotopic (exact) mass is 682 g/mol. The van der Waals surface area contributed by atoms with Gasteiger partial charge in [-0.1, -0.05) is 142 Å². The summed E-state index contributed by atoms with van der Waals surface area (Å²) in [6.45, 7) is 11.2. The van der Waals surface area contributed by atoms with Crippen molar-refractivity contribution in [3.63, 3.8) is 0 Å². The molecule has 0 spiro atoms. The summed E-state index contributed by atoms with van der Waals surface area (Å²) >= 11 is 0. The minimum Gasteiger partial charge on any atom is -0.504 e. The Kier molecular flexibility index (Phi) is 38.6. The predicted octanol–water partition coefficient (Wildman–Crippen LogP) is 10.3. The number of phenolic OH excluding ortho intramolecular Hbond substituents is 2. The van der Waals surface area contributed by atoms with Crippen molar-refractivity contribution in [1.82, 2.24) is 0 Å². The zero-order valence-corrected chi connectivity index (χ0v) is 30.0. The normalized spacial score (nSPS) is 10.1. The molecule has 0 unspecified atom stereocenters. The Morgan fingerprint density at radius 3 is 1.23 bits per heavy atom. The van der Waals surface area contributed by atoms with E-state index in [-0.39, 0.29) is 0 Å². The standard InChI is InChI=1S/C24H50O.C7H6O5.C4H6O2.C3H4O2/c1-3-5-7-9-11-13-15-17-19-21-23-25-24-22-20-18-16-14-12-10-8-6-4-2;8-4-2-1-3(7(11)12)5(9)6(4)10;1-2-3-4(5)6;1-2-3(4)5/h3-24H2,1-2H3;1-2,8-10H,(H,11,12);2-3H,1H3,(H,5,6);2H,1H2,(H,4,5)/b;;3-2+;. The summed E-state index contributed by atoms with van der Waals surface area (Å²) in [6, 6.07) is 1.98. The SMILES string of the molecule is C/C=C/C(=O)O.C=CC(=O)O.CCCCCCCCCCCCOCCCCCCCCCCCC.O=C(O)c1ccc(O)c(O)c1O. The van der Waals surface area contributed by atoms with Crippen LogP contribution in [0.2, 0.25) is 0 Å². The van der Waals surface area contributed by atoms with Gasteiger partial charge in [-0.05, 0) is 31.9 Å². The Labute approximate surface area is 289 Å². The van der Waals surface area contributed by atoms with E-state index in [4.69, 9.17) is 35.4 Å². The molecule has 0 atom stereocenters. The van der Waals surface area contributed by atoms with Gasteiger partial charge in [-0.25, -0.2) is 14.4 Å². The Balaban J connectivity index is -0.000000715. The average Bonchev–Trinajstić information content (AvgIpc) is 3.05. The second kappa shape index (κ2) is 37.9. The van der Waals surface area contributed by atoms with Crippen molar-refractivity contribution in [3.05, 3.63) is 42.5 Å². The maximum Gasteiger partial charge on any atom is 0.339 e. The fraction of sp³-hybridized carbons (Fsp3) is 0.658. The van der Waals surface area contributed by atoms with E-state index in [1.807, 2.05) is 0 Å². The second-order valence-electron chi connectivity index (χ2n) is 11.5. The van der Waals surface area contributed by atoms with Gasteiger partial charge in [-0.3, -0.25) is 0 Å². The molecule has 1 rings (SSSR count). The lowest BCUT2D eigenvalue weighted by molar-refractivity contribution is -0.132. The summed E-state index contributed by atoms with van der Waals surface area (Å²) in [4.78, 5) is 29.1. The molecular weight excluding hydrogens is 616 g/mol. The first-order valence-electron chi connectivity index (χ1n) is 17.8. The number of carboxylic acid groups (broad SMARTS) is 3. The maximum absolute atomic E-state index is 10.3. The van der Waals surface area contributed by atoms with Crippen LogP contribution < -0.4 is 0 Å². The highest BCUT2D eigenvalue weighted by Crippen LogP contribution is 2.36. The molecule has 1 aromatic rings. The van der Waals surface area contributed by atoms with E-state index in [9.17, 15) is 14.4 Å². The molecule has 0 aliphatic carbocycles. The summed E-state index contributed by atoms with van der Waals surface area (Å²) in [7, 11) is 0. The van der Waals surface area contributed by atoms with Crippen molar-refractivity contribution in [2.45, 2.75) is 149 Å². The van der Waals surface area contributed by atoms with Crippen LogP contribution in [0.25, 0.3) is 0 Å². The van der Waals surface area contributed by atoms with Gasteiger partial charge < -0.3 is 35.4 Å². The Morgan fingerprint density at radius 2 is 0.958 bits per heavy atom. The van der Waals surface area contributed by atoms with Gasteiger partial charge in [0.2, 0.25) is 5.75 Å². The Hall–Kier alpha value is -3.53. The van der Waals surface area contributed by atoms with Gasteiger partial charge in [-0.15, -0.1) is 0 Å². The first-order valence-corrected chi connectivity index (χ1v) is 17.8. The smallest absolute Gasteiger partial charge is 0.339 e. The van der Waals surface area contributed by atoms with Crippen LogP contribution in [0.4, 0.5) is 0 Å². The fourth-order valence-corrected chi connectivity index (χ4v) is 4.37. The second-order valence-corrected chi connectivity index (χ2v) is 11.5. The van der Waals surface area contributed by atoms with Crippen molar-refractivity contribution < 1.29 is 49.8 Å². The van der Waals surface area contributed by atoms with Crippen LogP contribution in [0.1, 0.15) is 160 Å². The lowest BCUT2D eigenvalue weighted by atomic mass is 10.1. The topological polar surface area (TPSA) is 182 Å². The number of benzene rings is 1. The number of aromatic carboxylic acids is 1. The third-order valence-electron chi connectivity index (χ3n) is 7.13. The third-order valence-corrected chi connectivity index (χ3v) is 7.13. The first kappa shape index (κ1) is 48.9. The van der Waals surface area contributed by atoms with E-state index >= 15 is 0 Å². The molecule has 0 saturated heterocycles. The van der Waals surface area contributed by atoms with E-state index in [0.29, 0.717) is 0 Å². The van der Waals surface area contributed by atoms with Crippen molar-refractivity contribution in [1.29, 1.82) is 0 Å². The number of unbranched alkanes of at least 4 members (excludes halogenated alkanes) is 18. The fourth-order valence-electron chi connectivity index (χ4n) is 4.37. The minimum atomic E-state index is -1.37.